The number of benzene rings is 2. The molecule has 120 valence electrons. The first kappa shape index (κ1) is 15.4. The van der Waals surface area contributed by atoms with Crippen LogP contribution in [0.1, 0.15) is 22.3 Å². The molecule has 1 heterocycles. The lowest BCUT2D eigenvalue weighted by molar-refractivity contribution is -0.275. The summed E-state index contributed by atoms with van der Waals surface area (Å²) in [6, 6.07) is 11.8. The molecular weight excluding hydrogens is 305 g/mol. The van der Waals surface area contributed by atoms with Crippen molar-refractivity contribution in [2.75, 3.05) is 0 Å². The summed E-state index contributed by atoms with van der Waals surface area (Å²) in [6.07, 6.45) is -4.73. The highest BCUT2D eigenvalue weighted by atomic mass is 19.4. The van der Waals surface area contributed by atoms with E-state index in [0.29, 0.717) is 17.9 Å². The second-order valence-corrected chi connectivity index (χ2v) is 5.52. The van der Waals surface area contributed by atoms with Gasteiger partial charge >= 0.3 is 6.36 Å². The van der Waals surface area contributed by atoms with Gasteiger partial charge in [0.1, 0.15) is 11.6 Å². The van der Waals surface area contributed by atoms with Gasteiger partial charge < -0.3 is 9.64 Å². The third kappa shape index (κ3) is 3.31. The molecule has 2 aromatic carbocycles. The second-order valence-electron chi connectivity index (χ2n) is 5.52. The van der Waals surface area contributed by atoms with Gasteiger partial charge in [-0.15, -0.1) is 13.2 Å². The number of ether oxygens (including phenoxy) is 1. The summed E-state index contributed by atoms with van der Waals surface area (Å²) in [5.41, 5.74) is 3.34. The first-order valence-corrected chi connectivity index (χ1v) is 7.10. The number of alkyl halides is 3. The van der Waals surface area contributed by atoms with E-state index in [4.69, 9.17) is 5.41 Å². The van der Waals surface area contributed by atoms with E-state index in [0.717, 1.165) is 16.7 Å². The maximum Gasteiger partial charge on any atom is 0.573 e. The zero-order chi connectivity index (χ0) is 16.6. The molecule has 0 aromatic heterocycles. The predicted octanol–water partition coefficient (Wildman–Crippen LogP) is 4.23. The normalized spacial score (nSPS) is 14.1. The van der Waals surface area contributed by atoms with Crippen molar-refractivity contribution in [2.24, 2.45) is 0 Å². The van der Waals surface area contributed by atoms with Crippen LogP contribution in [0.2, 0.25) is 0 Å². The van der Waals surface area contributed by atoms with Crippen LogP contribution in [0.25, 0.3) is 0 Å². The van der Waals surface area contributed by atoms with E-state index in [-0.39, 0.29) is 12.3 Å². The highest BCUT2D eigenvalue weighted by Crippen LogP contribution is 2.30. The Morgan fingerprint density at radius 3 is 2.65 bits per heavy atom. The lowest BCUT2D eigenvalue weighted by Crippen LogP contribution is -2.25. The van der Waals surface area contributed by atoms with E-state index < -0.39 is 6.36 Å². The fraction of sp³-hybridized carbons (Fsp3) is 0.235. The van der Waals surface area contributed by atoms with Crippen LogP contribution in [0.5, 0.6) is 5.75 Å². The van der Waals surface area contributed by atoms with Crippen LogP contribution in [-0.4, -0.2) is 17.1 Å². The van der Waals surface area contributed by atoms with Crippen molar-refractivity contribution in [3.05, 3.63) is 64.7 Å². The fourth-order valence-electron chi connectivity index (χ4n) is 2.74. The maximum absolute atomic E-state index is 12.5. The Morgan fingerprint density at radius 1 is 1.17 bits per heavy atom. The van der Waals surface area contributed by atoms with Crippen LogP contribution in [0.4, 0.5) is 13.2 Å². The molecule has 3 nitrogen and oxygen atoms in total. The van der Waals surface area contributed by atoms with Gasteiger partial charge in [0.25, 0.3) is 0 Å². The molecule has 1 aliphatic rings. The third-order valence-electron chi connectivity index (χ3n) is 3.75. The Bertz CT molecular complexity index is 756. The number of amidine groups is 1. The van der Waals surface area contributed by atoms with Crippen molar-refractivity contribution >= 4 is 5.84 Å². The predicted molar refractivity (Wildman–Crippen MR) is 80.4 cm³/mol. The molecule has 0 amide bonds. The molecule has 3 rings (SSSR count). The summed E-state index contributed by atoms with van der Waals surface area (Å²) in [5.74, 6) is 0.0988. The lowest BCUT2D eigenvalue weighted by atomic mass is 10.1. The first-order valence-electron chi connectivity index (χ1n) is 7.10. The zero-order valence-corrected chi connectivity index (χ0v) is 12.4. The van der Waals surface area contributed by atoms with Crippen molar-refractivity contribution in [3.8, 4) is 5.75 Å². The number of halogens is 3. The average molecular weight is 320 g/mol. The number of para-hydroxylation sites is 1. The Hall–Kier alpha value is -2.50. The lowest BCUT2D eigenvalue weighted by Gasteiger charge is -2.20. The van der Waals surface area contributed by atoms with Gasteiger partial charge in [-0.25, -0.2) is 0 Å². The number of nitrogens with one attached hydrogen (secondary N) is 1. The van der Waals surface area contributed by atoms with Gasteiger partial charge in [-0.1, -0.05) is 42.0 Å². The van der Waals surface area contributed by atoms with E-state index in [2.05, 4.69) is 4.74 Å². The number of hydrogen-bond acceptors (Lipinski definition) is 2. The van der Waals surface area contributed by atoms with Crippen molar-refractivity contribution in [2.45, 2.75) is 26.4 Å². The van der Waals surface area contributed by atoms with Crippen molar-refractivity contribution < 1.29 is 17.9 Å². The molecule has 1 N–H and O–H groups in total. The van der Waals surface area contributed by atoms with Crippen LogP contribution in [0.15, 0.2) is 42.5 Å². The van der Waals surface area contributed by atoms with Gasteiger partial charge in [-0.05, 0) is 18.6 Å². The summed E-state index contributed by atoms with van der Waals surface area (Å²) in [5, 5.41) is 8.22. The molecule has 0 unspecified atom stereocenters. The summed E-state index contributed by atoms with van der Waals surface area (Å²) >= 11 is 0. The second kappa shape index (κ2) is 5.61. The van der Waals surface area contributed by atoms with Gasteiger partial charge in [0.05, 0.1) is 0 Å². The van der Waals surface area contributed by atoms with Crippen LogP contribution >= 0.6 is 0 Å². The number of nitrogens with zero attached hydrogens (tertiary/aromatic N) is 1. The summed E-state index contributed by atoms with van der Waals surface area (Å²) in [7, 11) is 0. The minimum atomic E-state index is -4.73. The summed E-state index contributed by atoms with van der Waals surface area (Å²) in [4.78, 5) is 1.74. The van der Waals surface area contributed by atoms with E-state index in [1.54, 1.807) is 17.0 Å². The van der Waals surface area contributed by atoms with Crippen molar-refractivity contribution in [1.82, 2.24) is 4.90 Å². The Kier molecular flexibility index (Phi) is 3.75. The quantitative estimate of drug-likeness (QED) is 0.918. The fourth-order valence-corrected chi connectivity index (χ4v) is 2.74. The zero-order valence-electron chi connectivity index (χ0n) is 12.4. The SMILES string of the molecule is Cc1ccc2c(c1)CN(Cc1ccccc1OC(F)(F)F)C2=N. The average Bonchev–Trinajstić information content (AvgIpc) is 2.75. The Labute approximate surface area is 131 Å². The molecule has 0 atom stereocenters. The molecule has 23 heavy (non-hydrogen) atoms. The van der Waals surface area contributed by atoms with Gasteiger partial charge in [0.15, 0.2) is 0 Å². The van der Waals surface area contributed by atoms with Crippen molar-refractivity contribution in [1.29, 1.82) is 5.41 Å². The molecule has 0 radical (unpaired) electrons. The molecule has 1 aliphatic heterocycles. The molecule has 0 bridgehead atoms. The number of hydrogen-bond donors (Lipinski definition) is 1. The molecule has 0 aliphatic carbocycles. The summed E-state index contributed by atoms with van der Waals surface area (Å²) < 4.78 is 41.6. The van der Waals surface area contributed by atoms with Crippen LogP contribution < -0.4 is 4.74 Å². The van der Waals surface area contributed by atoms with E-state index >= 15 is 0 Å². The summed E-state index contributed by atoms with van der Waals surface area (Å²) in [6.45, 7) is 2.67. The molecule has 0 fully saturated rings. The number of fused-ring (bicyclic) bond motifs is 1. The molecule has 0 saturated carbocycles. The standard InChI is InChI=1S/C17H15F3N2O/c1-11-6-7-14-13(8-11)10-22(16(14)21)9-12-4-2-3-5-15(12)23-17(18,19)20/h2-8,21H,9-10H2,1H3. The Morgan fingerprint density at radius 2 is 1.91 bits per heavy atom. The van der Waals surface area contributed by atoms with E-state index in [9.17, 15) is 13.2 Å². The Balaban J connectivity index is 1.83. The van der Waals surface area contributed by atoms with E-state index in [1.807, 2.05) is 25.1 Å². The van der Waals surface area contributed by atoms with E-state index in [1.165, 1.54) is 12.1 Å². The topological polar surface area (TPSA) is 36.3 Å². The largest absolute Gasteiger partial charge is 0.573 e. The number of rotatable bonds is 3. The molecule has 2 aromatic rings. The van der Waals surface area contributed by atoms with Crippen LogP contribution in [0, 0.1) is 12.3 Å². The van der Waals surface area contributed by atoms with Crippen LogP contribution in [-0.2, 0) is 13.1 Å². The third-order valence-corrected chi connectivity index (χ3v) is 3.75. The van der Waals surface area contributed by atoms with Gasteiger partial charge in [0.2, 0.25) is 0 Å². The molecular formula is C17H15F3N2O. The van der Waals surface area contributed by atoms with Gasteiger partial charge in [-0.2, -0.15) is 0 Å². The smallest absolute Gasteiger partial charge is 0.405 e. The maximum atomic E-state index is 12.5. The van der Waals surface area contributed by atoms with Gasteiger partial charge in [0, 0.05) is 24.2 Å². The minimum Gasteiger partial charge on any atom is -0.405 e. The highest BCUT2D eigenvalue weighted by Gasteiger charge is 2.32. The molecule has 0 spiro atoms. The monoisotopic (exact) mass is 320 g/mol. The molecule has 6 heteroatoms. The van der Waals surface area contributed by atoms with Crippen molar-refractivity contribution in [3.63, 3.8) is 0 Å². The van der Waals surface area contributed by atoms with Gasteiger partial charge in [-0.3, -0.25) is 5.41 Å². The highest BCUT2D eigenvalue weighted by molar-refractivity contribution is 6.00. The molecule has 0 saturated heterocycles. The minimum absolute atomic E-state index is 0.193. The van der Waals surface area contributed by atoms with Crippen LogP contribution in [0.3, 0.4) is 0 Å². The number of aryl methyl sites for hydroxylation is 1. The first-order chi connectivity index (χ1) is 10.8.